The zero-order valence-corrected chi connectivity index (χ0v) is 55.4. The number of imidazole rings is 1. The molecule has 23 rings (SSSR count). The Bertz CT molecular complexity index is 5100. The topological polar surface area (TPSA) is 47.4 Å². The van der Waals surface area contributed by atoms with E-state index in [1.807, 2.05) is 12.1 Å². The largest absolute Gasteiger partial charge is 0.454 e. The maximum atomic E-state index is 6.14. The molecule has 3 aromatic heterocycles. The fourth-order valence-corrected chi connectivity index (χ4v) is 19.6. The third-order valence-electron chi connectivity index (χ3n) is 24.0. The van der Waals surface area contributed by atoms with Gasteiger partial charge in [0.1, 0.15) is 48.5 Å². The number of furan rings is 1. The molecule has 0 radical (unpaired) electrons. The van der Waals surface area contributed by atoms with Gasteiger partial charge < -0.3 is 43.6 Å². The van der Waals surface area contributed by atoms with Gasteiger partial charge in [0.25, 0.3) is 5.65 Å². The van der Waals surface area contributed by atoms with Crippen molar-refractivity contribution in [1.82, 2.24) is 14.2 Å². The van der Waals surface area contributed by atoms with Crippen molar-refractivity contribution < 1.29 is 8.98 Å². The van der Waals surface area contributed by atoms with Crippen LogP contribution in [0.25, 0.3) is 60.5 Å². The lowest BCUT2D eigenvalue weighted by atomic mass is 9.76. The molecule has 2 aliphatic carbocycles. The lowest BCUT2D eigenvalue weighted by Gasteiger charge is -2.36. The number of para-hydroxylation sites is 7. The highest BCUT2D eigenvalue weighted by Crippen LogP contribution is 2.65. The number of rotatable bonds is 3. The van der Waals surface area contributed by atoms with Crippen molar-refractivity contribution in [3.8, 4) is 11.3 Å². The van der Waals surface area contributed by atoms with Gasteiger partial charge in [0, 0.05) is 121 Å². The van der Waals surface area contributed by atoms with Crippen LogP contribution in [0.1, 0.15) is 115 Å². The number of aromatic nitrogens is 2. The summed E-state index contributed by atoms with van der Waals surface area (Å²) in [6, 6.07) is 69.1. The van der Waals surface area contributed by atoms with Gasteiger partial charge in [-0.3, -0.25) is 0 Å². The number of nitrogens with zero attached hydrogens (tertiary/aromatic N) is 10. The number of benzene rings is 9. The van der Waals surface area contributed by atoms with Gasteiger partial charge in [0.05, 0.1) is 39.7 Å². The maximum Gasteiger partial charge on any atom is 0.295 e. The number of fused-ring (bicyclic) bond motifs is 23. The van der Waals surface area contributed by atoms with Crippen LogP contribution >= 0.6 is 0 Å². The molecular weight excluding hydrogens is 1180 g/mol. The average Bonchev–Trinajstić information content (AvgIpc) is 1.50. The molecule has 11 heteroatoms. The van der Waals surface area contributed by atoms with Crippen molar-refractivity contribution >= 4 is 94.8 Å². The third kappa shape index (κ3) is 8.15. The van der Waals surface area contributed by atoms with Gasteiger partial charge in [0.2, 0.25) is 0 Å². The Balaban J connectivity index is 0.0000000926. The molecule has 0 bridgehead atoms. The molecule has 0 spiro atoms. The Morgan fingerprint density at radius 2 is 0.958 bits per heavy atom. The Kier molecular flexibility index (Phi) is 12.7. The molecule has 9 aromatic carbocycles. The SMILES string of the molecule is CN1C=CN2c3c(ccc4c3oc3ccccc34)CC12.CN1C=CN2c3ccccc3CC12.CN1c2ccccc2N2c3cccc4c3C(C12)C1N(C)c2ccccc2N41.c1cc(C2CCCCC2)c(-c2c[n+]3c4c5c(cccc5c5ccccc5n24)C3)c(C2CCCCC2)c1. The second kappa shape index (κ2) is 21.7. The molecule has 0 amide bonds. The summed E-state index contributed by atoms with van der Waals surface area (Å²) in [5.74, 6) is 1.81. The van der Waals surface area contributed by atoms with Gasteiger partial charge in [-0.15, -0.1) is 0 Å². The lowest BCUT2D eigenvalue weighted by Crippen LogP contribution is -2.49. The standard InChI is InChI=1S/C34H35N2.C23H20N4.C17H14N2O.C11H12N2/c1-3-11-23(12-4-1)26-17-10-18-27(24-13-5-2-6-14-24)33(26)31-22-35-21-25-15-9-19-29-28-16-7-8-20-30(28)36(31)34(35)32(25)29;1-24-14-8-3-5-10-16(14)26-18-12-7-13-19-20(18)21(22(24)26)23-25(2)15-9-4-6-11-17(15)27(19)23;1-18-8-9-19-15(18)10-11-6-7-13-12-4-2-3-5-14(12)20-17(13)16(11)19;1-12-6-7-13-10-5-3-2-4-9(10)8-11(12)13/h7-10,15-20,22-24H,1-6,11-14,21H2;3-13,21-23H,1-2H3;2-9,15H,10H2,1H3;2-7,11H,8H2,1H3/q+1;;;. The van der Waals surface area contributed by atoms with Gasteiger partial charge >= 0.3 is 0 Å². The van der Waals surface area contributed by atoms with E-state index in [1.54, 1.807) is 16.7 Å². The van der Waals surface area contributed by atoms with Crippen molar-refractivity contribution in [1.29, 1.82) is 0 Å². The van der Waals surface area contributed by atoms with E-state index in [1.165, 1.54) is 176 Å². The summed E-state index contributed by atoms with van der Waals surface area (Å²) in [6.07, 6.45) is 28.6. The highest BCUT2D eigenvalue weighted by atomic mass is 16.3. The van der Waals surface area contributed by atoms with Gasteiger partial charge in [0.15, 0.2) is 11.3 Å². The highest BCUT2D eigenvalue weighted by Gasteiger charge is 2.59. The summed E-state index contributed by atoms with van der Waals surface area (Å²) in [7, 11) is 8.76. The summed E-state index contributed by atoms with van der Waals surface area (Å²) in [6.45, 7) is 0.983. The average molecular weight is 1260 g/mol. The molecule has 4 atom stereocenters. The monoisotopic (exact) mass is 1260 g/mol. The molecule has 11 aliphatic rings. The normalized spacial score (nSPS) is 21.6. The third-order valence-corrected chi connectivity index (χ3v) is 24.0. The van der Waals surface area contributed by atoms with Crippen LogP contribution in [-0.2, 0) is 19.4 Å². The summed E-state index contributed by atoms with van der Waals surface area (Å²) in [5, 5.41) is 6.65. The first-order valence-electron chi connectivity index (χ1n) is 35.6. The minimum Gasteiger partial charge on any atom is -0.454 e. The van der Waals surface area contributed by atoms with Crippen LogP contribution < -0.4 is 34.0 Å². The van der Waals surface area contributed by atoms with Crippen molar-refractivity contribution in [3.05, 3.63) is 252 Å². The molecule has 476 valence electrons. The van der Waals surface area contributed by atoms with Gasteiger partial charge in [-0.2, -0.15) is 4.40 Å². The predicted molar refractivity (Wildman–Crippen MR) is 393 cm³/mol. The number of likely N-dealkylation sites (N-methyl/N-ethyl adjacent to an activating group) is 4. The first-order chi connectivity index (χ1) is 47.3. The Labute approximate surface area is 562 Å². The molecule has 9 aliphatic heterocycles. The minimum absolute atomic E-state index is 0.324. The molecular formula is C85H81N10O+. The van der Waals surface area contributed by atoms with Crippen LogP contribution in [0.2, 0.25) is 0 Å². The first kappa shape index (κ1) is 56.2. The van der Waals surface area contributed by atoms with Crippen LogP contribution in [0.5, 0.6) is 0 Å². The highest BCUT2D eigenvalue weighted by molar-refractivity contribution is 6.14. The van der Waals surface area contributed by atoms with Crippen LogP contribution in [-0.4, -0.2) is 67.1 Å². The van der Waals surface area contributed by atoms with E-state index in [9.17, 15) is 0 Å². The Hall–Kier alpha value is -10.1. The minimum atomic E-state index is 0.324. The molecule has 11 nitrogen and oxygen atoms in total. The summed E-state index contributed by atoms with van der Waals surface area (Å²) >= 11 is 0. The Morgan fingerprint density at radius 1 is 0.427 bits per heavy atom. The van der Waals surface area contributed by atoms with E-state index < -0.39 is 0 Å². The summed E-state index contributed by atoms with van der Waals surface area (Å²) in [4.78, 5) is 19.3. The van der Waals surface area contributed by atoms with E-state index >= 15 is 0 Å². The molecule has 4 unspecified atom stereocenters. The molecule has 0 N–H and O–H groups in total. The molecule has 0 saturated heterocycles. The smallest absolute Gasteiger partial charge is 0.295 e. The quantitative estimate of drug-likeness (QED) is 0.127. The van der Waals surface area contributed by atoms with Crippen molar-refractivity contribution in [2.45, 2.75) is 126 Å². The summed E-state index contributed by atoms with van der Waals surface area (Å²) in [5.41, 5.74) is 27.5. The maximum absolute atomic E-state index is 6.14. The van der Waals surface area contributed by atoms with Crippen molar-refractivity contribution in [3.63, 3.8) is 0 Å². The van der Waals surface area contributed by atoms with Crippen molar-refractivity contribution in [2.24, 2.45) is 0 Å². The van der Waals surface area contributed by atoms with Gasteiger partial charge in [-0.25, -0.2) is 4.57 Å². The van der Waals surface area contributed by atoms with E-state index in [2.05, 4.69) is 283 Å². The van der Waals surface area contributed by atoms with E-state index in [0.717, 1.165) is 30.6 Å². The number of pyridine rings is 1. The van der Waals surface area contributed by atoms with Gasteiger partial charge in [-0.05, 0) is 114 Å². The lowest BCUT2D eigenvalue weighted by molar-refractivity contribution is -0.657. The molecule has 12 aromatic rings. The second-order valence-corrected chi connectivity index (χ2v) is 28.9. The predicted octanol–water partition coefficient (Wildman–Crippen LogP) is 18.8. The number of anilines is 8. The summed E-state index contributed by atoms with van der Waals surface area (Å²) < 4.78 is 11.3. The zero-order chi connectivity index (χ0) is 63.6. The van der Waals surface area contributed by atoms with E-state index in [4.69, 9.17) is 4.42 Å². The number of hydrogen-bond acceptors (Lipinski definition) is 9. The zero-order valence-electron chi connectivity index (χ0n) is 55.4. The number of hydrogen-bond donors (Lipinski definition) is 0. The fraction of sp³-hybridized carbons (Fsp3) is 0.282. The van der Waals surface area contributed by atoms with Crippen LogP contribution in [0.15, 0.2) is 223 Å². The molecule has 2 saturated carbocycles. The first-order valence-corrected chi connectivity index (χ1v) is 35.6. The van der Waals surface area contributed by atoms with Crippen LogP contribution in [0.4, 0.5) is 45.5 Å². The van der Waals surface area contributed by atoms with E-state index in [-0.39, 0.29) is 0 Å². The van der Waals surface area contributed by atoms with Crippen LogP contribution in [0, 0.1) is 0 Å². The van der Waals surface area contributed by atoms with Gasteiger partial charge in [-0.1, -0.05) is 172 Å². The van der Waals surface area contributed by atoms with E-state index in [0.29, 0.717) is 42.4 Å². The van der Waals surface area contributed by atoms with Crippen molar-refractivity contribution in [2.75, 3.05) is 57.6 Å². The molecule has 2 fully saturated rings. The fourth-order valence-electron chi connectivity index (χ4n) is 19.6. The second-order valence-electron chi connectivity index (χ2n) is 28.9. The van der Waals surface area contributed by atoms with Crippen LogP contribution in [0.3, 0.4) is 0 Å². The molecule has 12 heterocycles. The molecule has 96 heavy (non-hydrogen) atoms. The Morgan fingerprint density at radius 3 is 1.65 bits per heavy atom.